The van der Waals surface area contributed by atoms with Crippen molar-refractivity contribution in [1.82, 2.24) is 9.97 Å². The second-order valence-electron chi connectivity index (χ2n) is 37.8. The van der Waals surface area contributed by atoms with E-state index < -0.39 is 16.1 Å². The molecule has 20 rings (SSSR count). The first-order valence-electron chi connectivity index (χ1n) is 46.9. The summed E-state index contributed by atoms with van der Waals surface area (Å²) in [5, 5.41) is 18.8. The minimum Gasteiger partial charge on any atom is -0.264 e. The Kier molecular flexibility index (Phi) is 27.5. The summed E-state index contributed by atoms with van der Waals surface area (Å²) in [6, 6.07) is 124. The SMILES string of the molecule is Cc1cc(C)c(C)c(-c2c3ccc(-c4ccccc4)cc3cc(C)[n+]2C)c1.Cc1ccc(C)c(-c2c3ccc(-c4ccccc4)cc3cc(C)[n+]2C)c1.Cc1ccccc1-c1c2ccc(-c3ccccc3)cc2cc(C)[n+]1C.Cc1ccncc1-c1c2ccc([Si](C)(C)c3ccccc3)cc2cc(C)[n+]1C.Cc1cnccc1-c1c2ccc([Si](C)(C)c3ccccc3)cc2cc(C)[n+]1C. The minimum atomic E-state index is -1.73. The number of pyridine rings is 7. The highest BCUT2D eigenvalue weighted by atomic mass is 28.3. The van der Waals surface area contributed by atoms with Crippen LogP contribution in [0.2, 0.25) is 26.2 Å². The van der Waals surface area contributed by atoms with Crippen LogP contribution in [0.25, 0.3) is 144 Å². The van der Waals surface area contributed by atoms with Crippen molar-refractivity contribution >= 4 is 90.8 Å². The summed E-state index contributed by atoms with van der Waals surface area (Å²) in [7, 11) is 7.33. The summed E-state index contributed by atoms with van der Waals surface area (Å²) in [6.07, 6.45) is 7.68. The van der Waals surface area contributed by atoms with Crippen molar-refractivity contribution in [2.45, 2.75) is 116 Å². The Hall–Kier alpha value is -14.4. The number of fused-ring (bicyclic) bond motifs is 5. The number of aromatic nitrogens is 7. The predicted octanol–water partition coefficient (Wildman–Crippen LogP) is 26.1. The lowest BCUT2D eigenvalue weighted by Gasteiger charge is -2.24. The lowest BCUT2D eigenvalue weighted by molar-refractivity contribution is -0.665. The fraction of sp³-hybridized carbons (Fsp3) is 0.176. The zero-order chi connectivity index (χ0) is 94.6. The molecule has 0 fully saturated rings. The zero-order valence-corrected chi connectivity index (χ0v) is 84.3. The first-order chi connectivity index (χ1) is 64.4. The van der Waals surface area contributed by atoms with Gasteiger partial charge in [0.25, 0.3) is 0 Å². The summed E-state index contributed by atoms with van der Waals surface area (Å²) < 4.78 is 11.5. The van der Waals surface area contributed by atoms with Gasteiger partial charge < -0.3 is 0 Å². The summed E-state index contributed by atoms with van der Waals surface area (Å²) >= 11 is 0. The van der Waals surface area contributed by atoms with Crippen LogP contribution in [-0.4, -0.2) is 26.1 Å². The standard InChI is InChI=1S/C26H26N.2C25H27N2Si.C25H24N.C24H22N/c1-17-13-18(2)20(4)25(14-17)26-24-12-11-22(21-9-7-6-8-10-21)16-23(24)15-19(3)27(26)5;1-18-17-26-14-13-23(18)25-24-12-11-22(16-20(24)15-19(2)27(25)3)28(4,5)21-9-7-6-8-10-21;1-18-13-14-26-17-24(18)25-23-12-11-22(16-20(23)15-19(2)27(25)3)28(4,5)21-9-7-6-8-10-21;1-17-10-11-18(2)24(14-17)25-23-13-12-21(20-8-6-5-7-9-20)16-22(23)15-19(3)26(25)4;1-17-9-7-8-12-22(17)24-23-14-13-20(19-10-5-4-6-11-19)16-21(23)15-18(2)25(24)3/h6-16H,1-5H3;2*6-17H,1-5H3;5-16H,1-4H3;4-16H,1-3H3/q5*+1. The molecule has 0 aliphatic heterocycles. The van der Waals surface area contributed by atoms with Crippen LogP contribution >= 0.6 is 0 Å². The van der Waals surface area contributed by atoms with Gasteiger partial charge >= 0.3 is 0 Å². The maximum absolute atomic E-state index is 4.39. The molecule has 0 N–H and O–H groups in total. The molecule has 0 spiro atoms. The largest absolute Gasteiger partial charge is 0.264 e. The molecule has 7 heterocycles. The topological polar surface area (TPSA) is 45.2 Å². The highest BCUT2D eigenvalue weighted by Crippen LogP contribution is 2.39. The molecule has 7 nitrogen and oxygen atoms in total. The van der Waals surface area contributed by atoms with Crippen LogP contribution in [0.4, 0.5) is 0 Å². The Bertz CT molecular complexity index is 7610. The normalized spacial score (nSPS) is 11.4. The molecule has 664 valence electrons. The Morgan fingerprint density at radius 3 is 0.910 bits per heavy atom. The van der Waals surface area contributed by atoms with Gasteiger partial charge in [-0.15, -0.1) is 0 Å². The van der Waals surface area contributed by atoms with Gasteiger partial charge in [0.1, 0.15) is 51.4 Å². The molecule has 134 heavy (non-hydrogen) atoms. The number of hydrogen-bond donors (Lipinski definition) is 0. The third-order valence-corrected chi connectivity index (χ3v) is 35.2. The van der Waals surface area contributed by atoms with Gasteiger partial charge in [-0.05, 0) is 228 Å². The molecule has 0 radical (unpaired) electrons. The molecule has 20 aromatic rings. The molecule has 0 unspecified atom stereocenters. The number of hydrogen-bond acceptors (Lipinski definition) is 2. The van der Waals surface area contributed by atoms with Crippen LogP contribution in [0.3, 0.4) is 0 Å². The van der Waals surface area contributed by atoms with Crippen LogP contribution in [0.15, 0.2) is 365 Å². The highest BCUT2D eigenvalue weighted by molar-refractivity contribution is 7.01. The summed E-state index contributed by atoms with van der Waals surface area (Å²) in [6.45, 7) is 38.1. The third-order valence-electron chi connectivity index (χ3n) is 28.1. The lowest BCUT2D eigenvalue weighted by Crippen LogP contribution is -2.52. The van der Waals surface area contributed by atoms with Crippen LogP contribution < -0.4 is 43.6 Å². The molecule has 13 aromatic carbocycles. The van der Waals surface area contributed by atoms with Crippen molar-refractivity contribution in [3.05, 3.63) is 437 Å². The highest BCUT2D eigenvalue weighted by Gasteiger charge is 2.32. The van der Waals surface area contributed by atoms with Crippen molar-refractivity contribution in [3.63, 3.8) is 0 Å². The van der Waals surface area contributed by atoms with Gasteiger partial charge in [-0.2, -0.15) is 22.8 Å². The van der Waals surface area contributed by atoms with Crippen LogP contribution in [0, 0.1) is 90.0 Å². The number of aryl methyl sites for hydroxylation is 12. The number of benzene rings is 13. The fourth-order valence-electron chi connectivity index (χ4n) is 19.3. The van der Waals surface area contributed by atoms with Gasteiger partial charge in [-0.3, -0.25) is 9.97 Å². The molecule has 0 amide bonds. The van der Waals surface area contributed by atoms with E-state index in [1.165, 1.54) is 237 Å². The van der Waals surface area contributed by atoms with Crippen molar-refractivity contribution in [1.29, 1.82) is 0 Å². The van der Waals surface area contributed by atoms with E-state index in [9.17, 15) is 0 Å². The van der Waals surface area contributed by atoms with E-state index in [1.807, 2.05) is 24.8 Å². The zero-order valence-electron chi connectivity index (χ0n) is 82.3. The van der Waals surface area contributed by atoms with Crippen molar-refractivity contribution in [3.8, 4) is 89.7 Å². The Balaban J connectivity index is 0.000000122. The summed E-state index contributed by atoms with van der Waals surface area (Å²) in [5.74, 6) is 0. The lowest BCUT2D eigenvalue weighted by atomic mass is 9.93. The van der Waals surface area contributed by atoms with E-state index in [4.69, 9.17) is 0 Å². The molecule has 0 bridgehead atoms. The Morgan fingerprint density at radius 1 is 0.201 bits per heavy atom. The Labute approximate surface area is 796 Å². The number of nitrogens with zero attached hydrogens (tertiary/aromatic N) is 7. The molecular formula is C125H126N7Si2+5. The minimum absolute atomic E-state index is 1.20. The van der Waals surface area contributed by atoms with Gasteiger partial charge in [0.2, 0.25) is 28.5 Å². The van der Waals surface area contributed by atoms with Gasteiger partial charge in [0.05, 0.1) is 43.6 Å². The molecular weight excluding hydrogens is 1660 g/mol. The summed E-state index contributed by atoms with van der Waals surface area (Å²) in [5.41, 5.74) is 37.0. The fourth-order valence-corrected chi connectivity index (χ4v) is 24.1. The molecule has 0 aliphatic carbocycles. The predicted molar refractivity (Wildman–Crippen MR) is 573 cm³/mol. The van der Waals surface area contributed by atoms with Crippen LogP contribution in [-0.2, 0) is 35.2 Å². The van der Waals surface area contributed by atoms with E-state index in [0.29, 0.717) is 0 Å². The average Bonchev–Trinajstić information content (AvgIpc) is 0.768. The third kappa shape index (κ3) is 19.2. The molecule has 0 saturated heterocycles. The second kappa shape index (κ2) is 39.6. The van der Waals surface area contributed by atoms with Crippen molar-refractivity contribution in [2.75, 3.05) is 0 Å². The van der Waals surface area contributed by atoms with Crippen molar-refractivity contribution < 1.29 is 22.8 Å². The maximum Gasteiger partial charge on any atom is 0.222 e. The molecule has 0 atom stereocenters. The van der Waals surface area contributed by atoms with E-state index in [-0.39, 0.29) is 0 Å². The Morgan fingerprint density at radius 2 is 0.515 bits per heavy atom. The monoisotopic (exact) mass is 1780 g/mol. The van der Waals surface area contributed by atoms with Gasteiger partial charge in [0, 0.05) is 101 Å². The summed E-state index contributed by atoms with van der Waals surface area (Å²) in [4.78, 5) is 8.67. The molecule has 7 aromatic heterocycles. The maximum atomic E-state index is 4.39. The second-order valence-corrected chi connectivity index (χ2v) is 46.6. The van der Waals surface area contributed by atoms with Crippen LogP contribution in [0.1, 0.15) is 73.0 Å². The van der Waals surface area contributed by atoms with E-state index >= 15 is 0 Å². The van der Waals surface area contributed by atoms with E-state index in [1.54, 1.807) is 0 Å². The van der Waals surface area contributed by atoms with E-state index in [2.05, 4.69) is 524 Å². The quantitative estimate of drug-likeness (QED) is 0.0904. The van der Waals surface area contributed by atoms with Gasteiger partial charge in [-0.25, -0.2) is 0 Å². The molecule has 9 heteroatoms. The first kappa shape index (κ1) is 92.9. The van der Waals surface area contributed by atoms with Gasteiger partial charge in [0.15, 0.2) is 28.5 Å². The molecule has 0 saturated carbocycles. The number of rotatable bonds is 12. The van der Waals surface area contributed by atoms with Crippen LogP contribution in [0.5, 0.6) is 0 Å². The average molecular weight is 1780 g/mol. The molecule has 0 aliphatic rings. The smallest absolute Gasteiger partial charge is 0.222 e. The van der Waals surface area contributed by atoms with E-state index in [0.717, 1.165) is 0 Å². The van der Waals surface area contributed by atoms with Crippen molar-refractivity contribution in [2.24, 2.45) is 35.2 Å². The van der Waals surface area contributed by atoms with Gasteiger partial charge in [-0.1, -0.05) is 289 Å². The first-order valence-corrected chi connectivity index (χ1v) is 52.9.